The number of urea groups is 1. The molecule has 5 nitrogen and oxygen atoms in total. The number of amides is 2. The summed E-state index contributed by atoms with van der Waals surface area (Å²) in [5.41, 5.74) is 0. The van der Waals surface area contributed by atoms with Crippen LogP contribution in [0.2, 0.25) is 0 Å². The van der Waals surface area contributed by atoms with Crippen LogP contribution in [0.4, 0.5) is 4.79 Å². The van der Waals surface area contributed by atoms with Crippen LogP contribution in [0.5, 0.6) is 0 Å². The van der Waals surface area contributed by atoms with Crippen molar-refractivity contribution in [1.29, 1.82) is 0 Å². The molecule has 5 heteroatoms. The first kappa shape index (κ1) is 14.7. The molecule has 0 aromatic heterocycles. The van der Waals surface area contributed by atoms with Gasteiger partial charge in [0.1, 0.15) is 6.04 Å². The Kier molecular flexibility index (Phi) is 3.84. The molecule has 0 aromatic carbocycles. The predicted octanol–water partition coefficient (Wildman–Crippen LogP) is 2.41. The summed E-state index contributed by atoms with van der Waals surface area (Å²) >= 11 is 0. The van der Waals surface area contributed by atoms with Crippen molar-refractivity contribution in [3.8, 4) is 0 Å². The zero-order chi connectivity index (χ0) is 15.1. The molecule has 0 spiro atoms. The Bertz CT molecular complexity index is 437. The first-order valence-corrected chi connectivity index (χ1v) is 8.30. The lowest BCUT2D eigenvalue weighted by atomic mass is 9.94. The fraction of sp³-hybridized carbons (Fsp3) is 0.875. The number of carbonyl (C=O) groups is 2. The Morgan fingerprint density at radius 1 is 1.10 bits per heavy atom. The van der Waals surface area contributed by atoms with Crippen molar-refractivity contribution < 1.29 is 14.7 Å². The van der Waals surface area contributed by atoms with Crippen LogP contribution >= 0.6 is 0 Å². The highest BCUT2D eigenvalue weighted by Gasteiger charge is 2.51. The number of nitrogens with zero attached hydrogens (tertiary/aromatic N) is 2. The van der Waals surface area contributed by atoms with Gasteiger partial charge in [0.15, 0.2) is 0 Å². The van der Waals surface area contributed by atoms with E-state index in [1.165, 1.54) is 0 Å². The van der Waals surface area contributed by atoms with Gasteiger partial charge < -0.3 is 14.9 Å². The molecule has 4 unspecified atom stereocenters. The van der Waals surface area contributed by atoms with Crippen LogP contribution in [-0.4, -0.2) is 52.1 Å². The third-order valence-electron chi connectivity index (χ3n) is 5.70. The molecule has 1 saturated carbocycles. The highest BCUT2D eigenvalue weighted by molar-refractivity contribution is 5.84. The molecule has 0 radical (unpaired) electrons. The molecule has 2 saturated heterocycles. The van der Waals surface area contributed by atoms with Crippen molar-refractivity contribution in [2.75, 3.05) is 13.1 Å². The minimum Gasteiger partial charge on any atom is -0.480 e. The molecule has 0 bridgehead atoms. The molecular weight excluding hydrogens is 268 g/mol. The maximum Gasteiger partial charge on any atom is 0.326 e. The van der Waals surface area contributed by atoms with E-state index >= 15 is 0 Å². The van der Waals surface area contributed by atoms with E-state index in [-0.39, 0.29) is 18.0 Å². The topological polar surface area (TPSA) is 60.9 Å². The van der Waals surface area contributed by atoms with Gasteiger partial charge in [0.25, 0.3) is 0 Å². The van der Waals surface area contributed by atoms with Crippen LogP contribution in [-0.2, 0) is 4.79 Å². The highest BCUT2D eigenvalue weighted by atomic mass is 16.4. The Morgan fingerprint density at radius 2 is 1.86 bits per heavy atom. The first-order valence-electron chi connectivity index (χ1n) is 8.30. The van der Waals surface area contributed by atoms with Crippen molar-refractivity contribution in [1.82, 2.24) is 9.80 Å². The van der Waals surface area contributed by atoms with Crippen molar-refractivity contribution in [2.45, 2.75) is 58.0 Å². The minimum atomic E-state index is -0.821. The number of hydrogen-bond donors (Lipinski definition) is 1. The highest BCUT2D eigenvalue weighted by Crippen LogP contribution is 2.43. The van der Waals surface area contributed by atoms with E-state index in [2.05, 4.69) is 13.8 Å². The van der Waals surface area contributed by atoms with Crippen molar-refractivity contribution >= 4 is 12.0 Å². The number of hydrogen-bond acceptors (Lipinski definition) is 2. The number of aliphatic carboxylic acids is 1. The summed E-state index contributed by atoms with van der Waals surface area (Å²) < 4.78 is 0. The van der Waals surface area contributed by atoms with E-state index < -0.39 is 12.0 Å². The molecule has 2 aliphatic heterocycles. The van der Waals surface area contributed by atoms with E-state index in [1.54, 1.807) is 4.90 Å². The summed E-state index contributed by atoms with van der Waals surface area (Å²) in [6.07, 6.45) is 5.22. The Hall–Kier alpha value is -1.26. The van der Waals surface area contributed by atoms with Crippen LogP contribution in [0, 0.1) is 17.8 Å². The quantitative estimate of drug-likeness (QED) is 0.850. The average molecular weight is 294 g/mol. The Labute approximate surface area is 126 Å². The molecule has 3 rings (SSSR count). The van der Waals surface area contributed by atoms with Crippen molar-refractivity contribution in [3.63, 3.8) is 0 Å². The van der Waals surface area contributed by atoms with Gasteiger partial charge in [-0.15, -0.1) is 0 Å². The van der Waals surface area contributed by atoms with E-state index in [0.717, 1.165) is 38.6 Å². The third kappa shape index (κ3) is 2.40. The second-order valence-corrected chi connectivity index (χ2v) is 7.22. The van der Waals surface area contributed by atoms with Crippen LogP contribution in [0.1, 0.15) is 46.0 Å². The molecule has 1 aliphatic carbocycles. The minimum absolute atomic E-state index is 0.0343. The number of carbonyl (C=O) groups excluding carboxylic acids is 1. The fourth-order valence-corrected chi connectivity index (χ4v) is 4.71. The maximum absolute atomic E-state index is 12.9. The number of carboxylic acid groups (broad SMARTS) is 1. The van der Waals surface area contributed by atoms with Gasteiger partial charge in [-0.25, -0.2) is 9.59 Å². The lowest BCUT2D eigenvalue weighted by Crippen LogP contribution is -2.51. The largest absolute Gasteiger partial charge is 0.480 e. The zero-order valence-electron chi connectivity index (χ0n) is 13.0. The molecule has 0 aromatic rings. The smallest absolute Gasteiger partial charge is 0.326 e. The van der Waals surface area contributed by atoms with Crippen LogP contribution in [0.25, 0.3) is 0 Å². The van der Waals surface area contributed by atoms with Crippen LogP contribution in [0.3, 0.4) is 0 Å². The Morgan fingerprint density at radius 3 is 2.52 bits per heavy atom. The summed E-state index contributed by atoms with van der Waals surface area (Å²) in [4.78, 5) is 28.2. The van der Waals surface area contributed by atoms with Gasteiger partial charge in [0, 0.05) is 19.1 Å². The molecule has 2 heterocycles. The summed E-state index contributed by atoms with van der Waals surface area (Å²) in [6, 6.07) is -0.362. The van der Waals surface area contributed by atoms with E-state index in [1.807, 2.05) is 4.90 Å². The van der Waals surface area contributed by atoms with Gasteiger partial charge in [0.05, 0.1) is 0 Å². The van der Waals surface area contributed by atoms with Gasteiger partial charge in [-0.1, -0.05) is 20.3 Å². The van der Waals surface area contributed by atoms with E-state index in [0.29, 0.717) is 18.4 Å². The van der Waals surface area contributed by atoms with E-state index in [9.17, 15) is 14.7 Å². The molecule has 1 N–H and O–H groups in total. The van der Waals surface area contributed by atoms with Gasteiger partial charge in [-0.2, -0.15) is 0 Å². The fourth-order valence-electron chi connectivity index (χ4n) is 4.71. The summed E-state index contributed by atoms with van der Waals surface area (Å²) in [5.74, 6) is 0.182. The lowest BCUT2D eigenvalue weighted by molar-refractivity contribution is -0.142. The van der Waals surface area contributed by atoms with Gasteiger partial charge in [-0.3, -0.25) is 0 Å². The molecule has 3 fully saturated rings. The van der Waals surface area contributed by atoms with Gasteiger partial charge >= 0.3 is 12.0 Å². The average Bonchev–Trinajstić information content (AvgIpc) is 3.11. The number of carboxylic acids is 1. The van der Waals surface area contributed by atoms with E-state index in [4.69, 9.17) is 0 Å². The molecule has 118 valence electrons. The normalized spacial score (nSPS) is 35.6. The second kappa shape index (κ2) is 5.50. The molecule has 21 heavy (non-hydrogen) atoms. The third-order valence-corrected chi connectivity index (χ3v) is 5.70. The van der Waals surface area contributed by atoms with Gasteiger partial charge in [-0.05, 0) is 43.4 Å². The lowest BCUT2D eigenvalue weighted by Gasteiger charge is -2.34. The Balaban J connectivity index is 1.79. The first-order chi connectivity index (χ1) is 10.0. The SMILES string of the molecule is CC(C)C1CCCN1C(=O)N1CC2CCCC2C1C(=O)O. The van der Waals surface area contributed by atoms with Crippen molar-refractivity contribution in [3.05, 3.63) is 0 Å². The molecular formula is C16H26N2O3. The van der Waals surface area contributed by atoms with Crippen molar-refractivity contribution in [2.24, 2.45) is 17.8 Å². The molecule has 2 amide bonds. The van der Waals surface area contributed by atoms with Crippen LogP contribution < -0.4 is 0 Å². The molecule has 4 atom stereocenters. The number of fused-ring (bicyclic) bond motifs is 1. The second-order valence-electron chi connectivity index (χ2n) is 7.22. The predicted molar refractivity (Wildman–Crippen MR) is 78.9 cm³/mol. The maximum atomic E-state index is 12.9. The monoisotopic (exact) mass is 294 g/mol. The standard InChI is InChI=1S/C16H26N2O3/c1-10(2)13-7-4-8-17(13)16(21)18-9-11-5-3-6-12(11)14(18)15(19)20/h10-14H,3-9H2,1-2H3,(H,19,20). The molecule has 3 aliphatic rings. The number of rotatable bonds is 2. The van der Waals surface area contributed by atoms with Gasteiger partial charge in [0.2, 0.25) is 0 Å². The zero-order valence-corrected chi connectivity index (χ0v) is 13.0. The summed E-state index contributed by atoms with van der Waals surface area (Å²) in [7, 11) is 0. The van der Waals surface area contributed by atoms with Crippen LogP contribution in [0.15, 0.2) is 0 Å². The number of likely N-dealkylation sites (tertiary alicyclic amines) is 2. The summed E-state index contributed by atoms with van der Waals surface area (Å²) in [6.45, 7) is 5.70. The summed E-state index contributed by atoms with van der Waals surface area (Å²) in [5, 5.41) is 9.59.